The number of nitrogens with one attached hydrogen (secondary N) is 2. The average molecular weight is 353 g/mol. The largest absolute Gasteiger partial charge is 0.317 e. The van der Waals surface area contributed by atoms with Gasteiger partial charge in [-0.1, -0.05) is 11.6 Å². The fourth-order valence-electron chi connectivity index (χ4n) is 2.14. The van der Waals surface area contributed by atoms with Crippen molar-refractivity contribution in [1.82, 2.24) is 10.0 Å². The number of hydrogen-bond donors (Lipinski definition) is 2. The lowest BCUT2D eigenvalue weighted by molar-refractivity contribution is 0.427. The zero-order valence-corrected chi connectivity index (χ0v) is 13.9. The highest BCUT2D eigenvalue weighted by atomic mass is 35.5. The maximum absolute atomic E-state index is 12.4. The van der Waals surface area contributed by atoms with Crippen LogP contribution in [-0.2, 0) is 19.9 Å². The number of halogens is 1. The van der Waals surface area contributed by atoms with Crippen molar-refractivity contribution in [3.63, 3.8) is 0 Å². The monoisotopic (exact) mass is 352 g/mol. The molecule has 118 valence electrons. The fraction of sp³-hybridized carbons (Fsp3) is 0.500. The van der Waals surface area contributed by atoms with Gasteiger partial charge in [-0.25, -0.2) is 21.6 Å². The maximum atomic E-state index is 12.4. The van der Waals surface area contributed by atoms with Crippen molar-refractivity contribution in [2.24, 2.45) is 0 Å². The minimum Gasteiger partial charge on any atom is -0.317 e. The van der Waals surface area contributed by atoms with Gasteiger partial charge in [-0.15, -0.1) is 0 Å². The van der Waals surface area contributed by atoms with Crippen LogP contribution in [0.2, 0.25) is 5.02 Å². The molecule has 0 spiro atoms. The Balaban J connectivity index is 2.34. The van der Waals surface area contributed by atoms with E-state index in [0.29, 0.717) is 12.8 Å². The SMILES string of the molecule is CS(=O)(=O)c1ccc(Cl)c(S(=O)(=O)NC2CCNCC2)c1. The van der Waals surface area contributed by atoms with Crippen LogP contribution in [0.1, 0.15) is 12.8 Å². The molecule has 21 heavy (non-hydrogen) atoms. The van der Waals surface area contributed by atoms with Crippen LogP contribution in [0.25, 0.3) is 0 Å². The molecule has 0 unspecified atom stereocenters. The Kier molecular flexibility index (Phi) is 4.94. The fourth-order valence-corrected chi connectivity index (χ4v) is 4.70. The van der Waals surface area contributed by atoms with Gasteiger partial charge in [0.1, 0.15) is 4.90 Å². The molecule has 1 aliphatic rings. The molecule has 0 bridgehead atoms. The van der Waals surface area contributed by atoms with E-state index in [1.54, 1.807) is 0 Å². The van der Waals surface area contributed by atoms with Gasteiger partial charge in [0.25, 0.3) is 0 Å². The molecule has 2 N–H and O–H groups in total. The van der Waals surface area contributed by atoms with Gasteiger partial charge in [-0.05, 0) is 44.1 Å². The lowest BCUT2D eigenvalue weighted by atomic mass is 10.1. The van der Waals surface area contributed by atoms with Gasteiger partial charge in [-0.3, -0.25) is 0 Å². The van der Waals surface area contributed by atoms with E-state index in [1.807, 2.05) is 0 Å². The summed E-state index contributed by atoms with van der Waals surface area (Å²) in [5.74, 6) is 0. The summed E-state index contributed by atoms with van der Waals surface area (Å²) in [6.45, 7) is 1.48. The summed E-state index contributed by atoms with van der Waals surface area (Å²) in [6.07, 6.45) is 2.39. The normalized spacial score (nSPS) is 17.8. The Bertz CT molecular complexity index is 726. The second kappa shape index (κ2) is 6.21. The van der Waals surface area contributed by atoms with Gasteiger partial charge in [0.15, 0.2) is 9.84 Å². The van der Waals surface area contributed by atoms with Crippen LogP contribution in [0, 0.1) is 0 Å². The molecule has 1 aromatic rings. The molecule has 1 aliphatic heterocycles. The van der Waals surface area contributed by atoms with Crippen molar-refractivity contribution in [2.75, 3.05) is 19.3 Å². The van der Waals surface area contributed by atoms with Crippen LogP contribution in [0.5, 0.6) is 0 Å². The first-order valence-electron chi connectivity index (χ1n) is 6.43. The second-order valence-corrected chi connectivity index (χ2v) is 9.12. The summed E-state index contributed by atoms with van der Waals surface area (Å²) in [7, 11) is -7.34. The van der Waals surface area contributed by atoms with E-state index >= 15 is 0 Å². The number of sulfonamides is 1. The molecular formula is C12H17ClN2O4S2. The van der Waals surface area contributed by atoms with E-state index in [2.05, 4.69) is 10.0 Å². The minimum absolute atomic E-state index is 0.00355. The molecule has 1 saturated heterocycles. The van der Waals surface area contributed by atoms with Crippen LogP contribution in [0.4, 0.5) is 0 Å². The first-order chi connectivity index (χ1) is 9.70. The Morgan fingerprint density at radius 1 is 1.19 bits per heavy atom. The van der Waals surface area contributed by atoms with Crippen LogP contribution in [0.15, 0.2) is 28.0 Å². The topological polar surface area (TPSA) is 92.3 Å². The number of hydrogen-bond acceptors (Lipinski definition) is 5. The van der Waals surface area contributed by atoms with E-state index in [9.17, 15) is 16.8 Å². The summed E-state index contributed by atoms with van der Waals surface area (Å²) < 4.78 is 50.5. The summed E-state index contributed by atoms with van der Waals surface area (Å²) in [4.78, 5) is -0.275. The number of benzene rings is 1. The third-order valence-corrected chi connectivity index (χ3v) is 6.39. The lowest BCUT2D eigenvalue weighted by Gasteiger charge is -2.23. The molecule has 0 radical (unpaired) electrons. The quantitative estimate of drug-likeness (QED) is 0.835. The van der Waals surface area contributed by atoms with E-state index in [4.69, 9.17) is 11.6 Å². The van der Waals surface area contributed by atoms with Gasteiger partial charge < -0.3 is 5.32 Å². The Hall–Kier alpha value is -0.670. The predicted octanol–water partition coefficient (Wildman–Crippen LogP) is 0.774. The minimum atomic E-state index is -3.85. The zero-order chi connectivity index (χ0) is 15.7. The molecule has 1 fully saturated rings. The van der Waals surface area contributed by atoms with E-state index in [0.717, 1.165) is 25.4 Å². The molecule has 0 atom stereocenters. The molecule has 9 heteroatoms. The van der Waals surface area contributed by atoms with Crippen LogP contribution in [0.3, 0.4) is 0 Å². The van der Waals surface area contributed by atoms with Gasteiger partial charge in [0.2, 0.25) is 10.0 Å². The van der Waals surface area contributed by atoms with Crippen LogP contribution >= 0.6 is 11.6 Å². The number of rotatable bonds is 4. The van der Waals surface area contributed by atoms with Crippen LogP contribution in [-0.4, -0.2) is 42.2 Å². The highest BCUT2D eigenvalue weighted by Gasteiger charge is 2.25. The first-order valence-corrected chi connectivity index (χ1v) is 10.2. The highest BCUT2D eigenvalue weighted by Crippen LogP contribution is 2.25. The van der Waals surface area contributed by atoms with Gasteiger partial charge in [-0.2, -0.15) is 0 Å². The molecule has 0 aromatic heterocycles. The molecule has 0 aliphatic carbocycles. The van der Waals surface area contributed by atoms with Crippen molar-refractivity contribution in [3.05, 3.63) is 23.2 Å². The number of sulfone groups is 1. The van der Waals surface area contributed by atoms with Gasteiger partial charge in [0, 0.05) is 12.3 Å². The van der Waals surface area contributed by atoms with E-state index < -0.39 is 19.9 Å². The number of piperidine rings is 1. The summed E-state index contributed by atoms with van der Waals surface area (Å²) >= 11 is 5.92. The van der Waals surface area contributed by atoms with Crippen molar-refractivity contribution < 1.29 is 16.8 Å². The summed E-state index contributed by atoms with van der Waals surface area (Å²) in [5, 5.41) is 3.14. The predicted molar refractivity (Wildman–Crippen MR) is 80.8 cm³/mol. The lowest BCUT2D eigenvalue weighted by Crippen LogP contribution is -2.42. The van der Waals surface area contributed by atoms with E-state index in [-0.39, 0.29) is 20.9 Å². The van der Waals surface area contributed by atoms with Crippen molar-refractivity contribution in [1.29, 1.82) is 0 Å². The summed E-state index contributed by atoms with van der Waals surface area (Å²) in [6, 6.07) is 3.51. The molecule has 1 aromatic carbocycles. The Morgan fingerprint density at radius 3 is 2.38 bits per heavy atom. The average Bonchev–Trinajstić information content (AvgIpc) is 2.38. The van der Waals surface area contributed by atoms with E-state index in [1.165, 1.54) is 12.1 Å². The van der Waals surface area contributed by atoms with Crippen molar-refractivity contribution >= 4 is 31.5 Å². The zero-order valence-electron chi connectivity index (χ0n) is 11.5. The van der Waals surface area contributed by atoms with Crippen molar-refractivity contribution in [3.8, 4) is 0 Å². The third kappa shape index (κ3) is 4.17. The molecule has 0 saturated carbocycles. The molecule has 2 rings (SSSR count). The summed E-state index contributed by atoms with van der Waals surface area (Å²) in [5.41, 5.74) is 0. The standard InChI is InChI=1S/C12H17ClN2O4S2/c1-20(16,17)10-2-3-11(13)12(8-10)21(18,19)15-9-4-6-14-7-5-9/h2-3,8-9,14-15H,4-7H2,1H3. The van der Waals surface area contributed by atoms with Crippen LogP contribution < -0.4 is 10.0 Å². The second-order valence-electron chi connectivity index (χ2n) is 5.01. The van der Waals surface area contributed by atoms with Gasteiger partial charge >= 0.3 is 0 Å². The third-order valence-electron chi connectivity index (χ3n) is 3.28. The Labute approximate surface area is 129 Å². The first kappa shape index (κ1) is 16.7. The smallest absolute Gasteiger partial charge is 0.242 e. The van der Waals surface area contributed by atoms with Crippen molar-refractivity contribution in [2.45, 2.75) is 28.7 Å². The van der Waals surface area contributed by atoms with Gasteiger partial charge in [0.05, 0.1) is 9.92 Å². The Morgan fingerprint density at radius 2 is 1.81 bits per heavy atom. The maximum Gasteiger partial charge on any atom is 0.242 e. The highest BCUT2D eigenvalue weighted by molar-refractivity contribution is 7.91. The molecule has 6 nitrogen and oxygen atoms in total. The molecule has 1 heterocycles. The molecular weight excluding hydrogens is 336 g/mol. The molecule has 0 amide bonds.